The third-order valence-corrected chi connectivity index (χ3v) is 2.72. The molecule has 0 aliphatic carbocycles. The highest BCUT2D eigenvalue weighted by atomic mass is 79.9. The summed E-state index contributed by atoms with van der Waals surface area (Å²) in [6.45, 7) is 0. The van der Waals surface area contributed by atoms with Crippen LogP contribution in [0.4, 0.5) is 10.1 Å². The fourth-order valence-electron chi connectivity index (χ4n) is 1.58. The van der Waals surface area contributed by atoms with Gasteiger partial charge in [0.05, 0.1) is 11.3 Å². The lowest BCUT2D eigenvalue weighted by Crippen LogP contribution is -1.97. The molecule has 0 aliphatic rings. The first kappa shape index (κ1) is 10.8. The Bertz CT molecular complexity index is 604. The lowest BCUT2D eigenvalue weighted by molar-refractivity contribution is 0.636. The van der Waals surface area contributed by atoms with E-state index in [4.69, 9.17) is 5.26 Å². The van der Waals surface area contributed by atoms with Crippen molar-refractivity contribution in [2.75, 3.05) is 12.4 Å². The average molecular weight is 280 g/mol. The number of aromatic nitrogens is 1. The van der Waals surface area contributed by atoms with Crippen molar-refractivity contribution in [3.8, 4) is 6.07 Å². The van der Waals surface area contributed by atoms with Gasteiger partial charge in [-0.05, 0) is 12.1 Å². The topological polar surface area (TPSA) is 48.7 Å². The van der Waals surface area contributed by atoms with Crippen LogP contribution in [-0.4, -0.2) is 12.0 Å². The Balaban J connectivity index is 2.93. The zero-order valence-corrected chi connectivity index (χ0v) is 9.97. The molecule has 0 spiro atoms. The van der Waals surface area contributed by atoms with Crippen molar-refractivity contribution in [1.29, 1.82) is 5.26 Å². The van der Waals surface area contributed by atoms with Crippen LogP contribution in [0.1, 0.15) is 5.56 Å². The summed E-state index contributed by atoms with van der Waals surface area (Å²) in [5.41, 5.74) is 1.24. The van der Waals surface area contributed by atoms with Crippen LogP contribution in [0, 0.1) is 17.1 Å². The van der Waals surface area contributed by atoms with Crippen LogP contribution in [0.15, 0.2) is 22.8 Å². The Kier molecular flexibility index (Phi) is 2.75. The third kappa shape index (κ3) is 1.61. The van der Waals surface area contributed by atoms with Gasteiger partial charge >= 0.3 is 0 Å². The second-order valence-electron chi connectivity index (χ2n) is 3.19. The van der Waals surface area contributed by atoms with Crippen molar-refractivity contribution in [1.82, 2.24) is 4.98 Å². The number of fused-ring (bicyclic) bond motifs is 1. The number of benzene rings is 1. The van der Waals surface area contributed by atoms with Crippen LogP contribution < -0.4 is 5.32 Å². The molecule has 2 rings (SSSR count). The predicted octanol–water partition coefficient (Wildman–Crippen LogP) is 3.05. The quantitative estimate of drug-likeness (QED) is 0.873. The number of anilines is 1. The number of nitrogens with zero attached hydrogens (tertiary/aromatic N) is 2. The first-order chi connectivity index (χ1) is 7.67. The molecule has 0 bridgehead atoms. The molecule has 1 aromatic heterocycles. The fraction of sp³-hybridized carbons (Fsp3) is 0.0909. The standard InChI is InChI=1S/C11H7BrFN3/c1-15-10-6(4-14)5-16-11-8(10)2-7(12)3-9(11)13/h2-3,5H,1H3,(H,15,16). The minimum atomic E-state index is -0.412. The van der Waals surface area contributed by atoms with Crippen LogP contribution >= 0.6 is 15.9 Å². The molecule has 1 aromatic carbocycles. The summed E-state index contributed by atoms with van der Waals surface area (Å²) in [4.78, 5) is 3.94. The zero-order valence-electron chi connectivity index (χ0n) is 8.38. The fourth-order valence-corrected chi connectivity index (χ4v) is 2.01. The van der Waals surface area contributed by atoms with Crippen molar-refractivity contribution in [3.05, 3.63) is 34.2 Å². The van der Waals surface area contributed by atoms with Gasteiger partial charge in [0.1, 0.15) is 11.6 Å². The van der Waals surface area contributed by atoms with Crippen molar-refractivity contribution < 1.29 is 4.39 Å². The maximum atomic E-state index is 13.6. The van der Waals surface area contributed by atoms with E-state index in [1.807, 2.05) is 6.07 Å². The maximum absolute atomic E-state index is 13.6. The second kappa shape index (κ2) is 4.06. The van der Waals surface area contributed by atoms with Gasteiger partial charge in [-0.2, -0.15) is 5.26 Å². The molecule has 0 fully saturated rings. The Morgan fingerprint density at radius 1 is 1.50 bits per heavy atom. The van der Waals surface area contributed by atoms with Gasteiger partial charge in [-0.3, -0.25) is 4.98 Å². The summed E-state index contributed by atoms with van der Waals surface area (Å²) in [6, 6.07) is 5.10. The van der Waals surface area contributed by atoms with E-state index in [-0.39, 0.29) is 5.52 Å². The van der Waals surface area contributed by atoms with Gasteiger partial charge in [-0.15, -0.1) is 0 Å². The number of hydrogen-bond donors (Lipinski definition) is 1. The maximum Gasteiger partial charge on any atom is 0.150 e. The predicted molar refractivity (Wildman–Crippen MR) is 63.7 cm³/mol. The molecule has 1 N–H and O–H groups in total. The third-order valence-electron chi connectivity index (χ3n) is 2.26. The van der Waals surface area contributed by atoms with Gasteiger partial charge in [-0.25, -0.2) is 4.39 Å². The highest BCUT2D eigenvalue weighted by molar-refractivity contribution is 9.10. The molecule has 16 heavy (non-hydrogen) atoms. The van der Waals surface area contributed by atoms with E-state index in [1.165, 1.54) is 12.3 Å². The van der Waals surface area contributed by atoms with E-state index >= 15 is 0 Å². The molecular formula is C11H7BrFN3. The molecule has 3 nitrogen and oxygen atoms in total. The summed E-state index contributed by atoms with van der Waals surface area (Å²) in [5, 5.41) is 12.4. The number of rotatable bonds is 1. The smallest absolute Gasteiger partial charge is 0.150 e. The SMILES string of the molecule is CNc1c(C#N)cnc2c(F)cc(Br)cc12. The zero-order chi connectivity index (χ0) is 11.7. The molecule has 5 heteroatoms. The minimum Gasteiger partial charge on any atom is -0.386 e. The van der Waals surface area contributed by atoms with Gasteiger partial charge in [0, 0.05) is 23.1 Å². The van der Waals surface area contributed by atoms with E-state index in [1.54, 1.807) is 13.1 Å². The van der Waals surface area contributed by atoms with Crippen LogP contribution in [-0.2, 0) is 0 Å². The lowest BCUT2D eigenvalue weighted by Gasteiger charge is -2.08. The van der Waals surface area contributed by atoms with Gasteiger partial charge in [0.15, 0.2) is 5.82 Å². The Morgan fingerprint density at radius 3 is 2.88 bits per heavy atom. The molecule has 0 radical (unpaired) electrons. The van der Waals surface area contributed by atoms with E-state index < -0.39 is 5.82 Å². The van der Waals surface area contributed by atoms with E-state index in [2.05, 4.69) is 26.2 Å². The second-order valence-corrected chi connectivity index (χ2v) is 4.11. The summed E-state index contributed by atoms with van der Waals surface area (Å²) >= 11 is 3.21. The monoisotopic (exact) mass is 279 g/mol. The first-order valence-electron chi connectivity index (χ1n) is 4.53. The summed E-state index contributed by atoms with van der Waals surface area (Å²) < 4.78 is 14.2. The number of nitriles is 1. The van der Waals surface area contributed by atoms with Gasteiger partial charge in [0.2, 0.25) is 0 Å². The van der Waals surface area contributed by atoms with E-state index in [0.717, 1.165) is 0 Å². The van der Waals surface area contributed by atoms with E-state index in [9.17, 15) is 4.39 Å². The molecule has 80 valence electrons. The first-order valence-corrected chi connectivity index (χ1v) is 5.32. The highest BCUT2D eigenvalue weighted by Gasteiger charge is 2.11. The average Bonchev–Trinajstić information content (AvgIpc) is 2.27. The molecule has 0 saturated carbocycles. The van der Waals surface area contributed by atoms with Crippen molar-refractivity contribution >= 4 is 32.5 Å². The van der Waals surface area contributed by atoms with Gasteiger partial charge in [-0.1, -0.05) is 15.9 Å². The van der Waals surface area contributed by atoms with Gasteiger partial charge < -0.3 is 5.32 Å². The van der Waals surface area contributed by atoms with Crippen LogP contribution in [0.3, 0.4) is 0 Å². The van der Waals surface area contributed by atoms with Crippen molar-refractivity contribution in [2.24, 2.45) is 0 Å². The van der Waals surface area contributed by atoms with Crippen LogP contribution in [0.5, 0.6) is 0 Å². The van der Waals surface area contributed by atoms with Gasteiger partial charge in [0.25, 0.3) is 0 Å². The molecule has 0 atom stereocenters. The normalized spacial score (nSPS) is 10.1. The molecule has 0 aliphatic heterocycles. The van der Waals surface area contributed by atoms with Crippen molar-refractivity contribution in [2.45, 2.75) is 0 Å². The molecular weight excluding hydrogens is 273 g/mol. The number of hydrogen-bond acceptors (Lipinski definition) is 3. The number of pyridine rings is 1. The Morgan fingerprint density at radius 2 is 2.25 bits per heavy atom. The van der Waals surface area contributed by atoms with Crippen LogP contribution in [0.25, 0.3) is 10.9 Å². The number of nitrogens with one attached hydrogen (secondary N) is 1. The molecule has 1 heterocycles. The molecule has 0 unspecified atom stereocenters. The summed E-state index contributed by atoms with van der Waals surface area (Å²) in [7, 11) is 1.69. The number of halogens is 2. The minimum absolute atomic E-state index is 0.256. The van der Waals surface area contributed by atoms with E-state index in [0.29, 0.717) is 21.1 Å². The molecule has 0 saturated heterocycles. The Labute approximate surface area is 100 Å². The molecule has 2 aromatic rings. The largest absolute Gasteiger partial charge is 0.386 e. The molecule has 0 amide bonds. The van der Waals surface area contributed by atoms with Crippen molar-refractivity contribution in [3.63, 3.8) is 0 Å². The lowest BCUT2D eigenvalue weighted by atomic mass is 10.1. The summed E-state index contributed by atoms with van der Waals surface area (Å²) in [6.07, 6.45) is 1.37. The van der Waals surface area contributed by atoms with Crippen LogP contribution in [0.2, 0.25) is 0 Å². The Hall–Kier alpha value is -1.67. The summed E-state index contributed by atoms with van der Waals surface area (Å²) in [5.74, 6) is -0.412. The highest BCUT2D eigenvalue weighted by Crippen LogP contribution is 2.29.